The van der Waals surface area contributed by atoms with E-state index in [0.29, 0.717) is 13.0 Å². The Hall–Kier alpha value is -1.24. The normalized spacial score (nSPS) is 12.3. The second kappa shape index (κ2) is 9.71. The Morgan fingerprint density at radius 2 is 1.86 bits per heavy atom. The number of rotatable bonds is 9. The lowest BCUT2D eigenvalue weighted by Gasteiger charge is -2.14. The van der Waals surface area contributed by atoms with Gasteiger partial charge in [-0.15, -0.1) is 4.72 Å². The molecule has 1 aromatic carbocycles. The van der Waals surface area contributed by atoms with E-state index in [1.165, 1.54) is 0 Å². The van der Waals surface area contributed by atoms with E-state index in [9.17, 15) is 9.35 Å². The molecule has 0 spiro atoms. The van der Waals surface area contributed by atoms with Crippen LogP contribution in [0.15, 0.2) is 24.3 Å². The first kappa shape index (κ1) is 18.8. The molecule has 0 saturated heterocycles. The van der Waals surface area contributed by atoms with E-state index in [1.54, 1.807) is 0 Å². The van der Waals surface area contributed by atoms with Crippen LogP contribution in [0.1, 0.15) is 33.1 Å². The van der Waals surface area contributed by atoms with Gasteiger partial charge in [-0.05, 0) is 51.0 Å². The molecule has 0 bridgehead atoms. The van der Waals surface area contributed by atoms with Crippen LogP contribution in [0.5, 0.6) is 0 Å². The monoisotopic (exact) mass is 325 g/mol. The average Bonchev–Trinajstić information content (AvgIpc) is 2.47. The molecule has 1 rings (SSSR count). The van der Waals surface area contributed by atoms with Crippen LogP contribution in [0.4, 0.5) is 11.4 Å². The molecular weight excluding hydrogens is 298 g/mol. The summed E-state index contributed by atoms with van der Waals surface area (Å²) < 4.78 is 14.4. The number of nitrogens with zero attached hydrogens (tertiary/aromatic N) is 1. The lowest BCUT2D eigenvalue weighted by molar-refractivity contribution is -0.116. The molecule has 0 fully saturated rings. The number of hydrogen-bond acceptors (Lipinski definition) is 4. The molecule has 124 valence electrons. The van der Waals surface area contributed by atoms with Crippen LogP contribution in [-0.2, 0) is 16.2 Å². The summed E-state index contributed by atoms with van der Waals surface area (Å²) in [6.07, 6.45) is 2.10. The van der Waals surface area contributed by atoms with E-state index >= 15 is 0 Å². The summed E-state index contributed by atoms with van der Waals surface area (Å²) in [7, 11) is 3.96. The van der Waals surface area contributed by atoms with Gasteiger partial charge in [-0.25, -0.2) is 0 Å². The van der Waals surface area contributed by atoms with Gasteiger partial charge in [0.2, 0.25) is 5.91 Å². The van der Waals surface area contributed by atoms with Gasteiger partial charge in [0.05, 0.1) is 0 Å². The highest BCUT2D eigenvalue weighted by Gasteiger charge is 2.10. The van der Waals surface area contributed by atoms with Crippen molar-refractivity contribution in [3.05, 3.63) is 24.3 Å². The zero-order valence-corrected chi connectivity index (χ0v) is 14.7. The fraction of sp³-hybridized carbons (Fsp3) is 0.562. The van der Waals surface area contributed by atoms with Gasteiger partial charge >= 0.3 is 0 Å². The Morgan fingerprint density at radius 3 is 2.41 bits per heavy atom. The van der Waals surface area contributed by atoms with Gasteiger partial charge in [0.1, 0.15) is 5.25 Å². The number of nitrogens with one attached hydrogen (secondary N) is 2. The minimum Gasteiger partial charge on any atom is -0.598 e. The van der Waals surface area contributed by atoms with Gasteiger partial charge in [-0.1, -0.05) is 0 Å². The van der Waals surface area contributed by atoms with Crippen molar-refractivity contribution < 1.29 is 9.35 Å². The van der Waals surface area contributed by atoms with Crippen molar-refractivity contribution in [1.82, 2.24) is 4.72 Å². The maximum atomic E-state index is 11.8. The molecule has 1 amide bonds. The molecular formula is C16H27N3O2S. The van der Waals surface area contributed by atoms with Crippen LogP contribution in [-0.4, -0.2) is 36.3 Å². The second-order valence-corrected chi connectivity index (χ2v) is 7.51. The lowest BCUT2D eigenvalue weighted by atomic mass is 10.2. The zero-order chi connectivity index (χ0) is 16.5. The lowest BCUT2D eigenvalue weighted by Crippen LogP contribution is -2.31. The number of hydrogen-bond donors (Lipinski definition) is 2. The van der Waals surface area contributed by atoms with Crippen LogP contribution >= 0.6 is 0 Å². The standard InChI is InChI=1S/C16H27N3O2S/c1-13(2)22(21)17-12-6-5-7-16(20)18-14-8-10-15(11-9-14)19(3)4/h8-11,13,17H,5-7,12H2,1-4H3,(H,18,20). The van der Waals surface area contributed by atoms with Gasteiger partial charge in [0, 0.05) is 49.8 Å². The molecule has 0 aliphatic rings. The van der Waals surface area contributed by atoms with Gasteiger partial charge in [-0.2, -0.15) is 0 Å². The summed E-state index contributed by atoms with van der Waals surface area (Å²) in [5, 5.41) is 3.01. The highest BCUT2D eigenvalue weighted by molar-refractivity contribution is 7.90. The smallest absolute Gasteiger partial charge is 0.224 e. The predicted octanol–water partition coefficient (Wildman–Crippen LogP) is 2.52. The van der Waals surface area contributed by atoms with Crippen molar-refractivity contribution in [3.63, 3.8) is 0 Å². The summed E-state index contributed by atoms with van der Waals surface area (Å²) in [5.41, 5.74) is 1.91. The van der Waals surface area contributed by atoms with Crippen LogP contribution in [0.3, 0.4) is 0 Å². The summed E-state index contributed by atoms with van der Waals surface area (Å²) in [6, 6.07) is 7.75. The fourth-order valence-corrected chi connectivity index (χ4v) is 2.50. The van der Waals surface area contributed by atoms with E-state index in [1.807, 2.05) is 57.1 Å². The Balaban J connectivity index is 2.21. The Kier molecular flexibility index (Phi) is 8.30. The maximum Gasteiger partial charge on any atom is 0.224 e. The summed E-state index contributed by atoms with van der Waals surface area (Å²) in [6.45, 7) is 4.51. The van der Waals surface area contributed by atoms with Gasteiger partial charge in [0.25, 0.3) is 0 Å². The number of carbonyl (C=O) groups is 1. The Labute approximate surface area is 136 Å². The molecule has 22 heavy (non-hydrogen) atoms. The first-order valence-corrected chi connectivity index (χ1v) is 8.82. The van der Waals surface area contributed by atoms with E-state index in [4.69, 9.17) is 0 Å². The van der Waals surface area contributed by atoms with E-state index in [-0.39, 0.29) is 11.2 Å². The quantitative estimate of drug-likeness (QED) is 0.541. The largest absolute Gasteiger partial charge is 0.598 e. The van der Waals surface area contributed by atoms with Crippen molar-refractivity contribution in [3.8, 4) is 0 Å². The molecule has 0 aromatic heterocycles. The molecule has 1 aromatic rings. The molecule has 5 nitrogen and oxygen atoms in total. The number of carbonyl (C=O) groups excluding carboxylic acids is 1. The minimum atomic E-state index is -0.978. The highest BCUT2D eigenvalue weighted by Crippen LogP contribution is 2.15. The molecule has 2 N–H and O–H groups in total. The van der Waals surface area contributed by atoms with Gasteiger partial charge in [0.15, 0.2) is 0 Å². The highest BCUT2D eigenvalue weighted by atomic mass is 32.2. The molecule has 0 aliphatic carbocycles. The predicted molar refractivity (Wildman–Crippen MR) is 94.5 cm³/mol. The Bertz CT molecular complexity index is 449. The minimum absolute atomic E-state index is 0.0163. The Morgan fingerprint density at radius 1 is 1.23 bits per heavy atom. The van der Waals surface area contributed by atoms with E-state index < -0.39 is 11.4 Å². The second-order valence-electron chi connectivity index (χ2n) is 5.69. The third kappa shape index (κ3) is 7.15. The van der Waals surface area contributed by atoms with Crippen LogP contribution < -0.4 is 14.9 Å². The fourth-order valence-electron chi connectivity index (χ4n) is 1.82. The van der Waals surface area contributed by atoms with Crippen molar-refractivity contribution in [2.75, 3.05) is 30.9 Å². The van der Waals surface area contributed by atoms with Crippen molar-refractivity contribution >= 4 is 28.6 Å². The van der Waals surface area contributed by atoms with Crippen LogP contribution in [0, 0.1) is 0 Å². The van der Waals surface area contributed by atoms with Gasteiger partial charge in [-0.3, -0.25) is 4.79 Å². The number of unbranched alkanes of at least 4 members (excludes halogenated alkanes) is 1. The maximum absolute atomic E-state index is 11.8. The van der Waals surface area contributed by atoms with Crippen molar-refractivity contribution in [2.24, 2.45) is 0 Å². The third-order valence-corrected chi connectivity index (χ3v) is 4.52. The molecule has 0 saturated carbocycles. The SMILES string of the molecule is CC(C)[S+]([O-])NCCCCC(=O)Nc1ccc(N(C)C)cc1. The number of anilines is 2. The number of amides is 1. The van der Waals surface area contributed by atoms with E-state index in [2.05, 4.69) is 10.0 Å². The number of benzene rings is 1. The van der Waals surface area contributed by atoms with Crippen molar-refractivity contribution in [2.45, 2.75) is 38.4 Å². The summed E-state index contributed by atoms with van der Waals surface area (Å²) >= 11 is -0.978. The van der Waals surface area contributed by atoms with Crippen LogP contribution in [0.2, 0.25) is 0 Å². The summed E-state index contributed by atoms with van der Waals surface area (Å²) in [4.78, 5) is 13.8. The first-order chi connectivity index (χ1) is 10.4. The molecule has 0 radical (unpaired) electrons. The molecule has 0 heterocycles. The van der Waals surface area contributed by atoms with E-state index in [0.717, 1.165) is 24.2 Å². The molecule has 1 unspecified atom stereocenters. The van der Waals surface area contributed by atoms with Crippen LogP contribution in [0.25, 0.3) is 0 Å². The molecule has 0 aliphatic heterocycles. The van der Waals surface area contributed by atoms with Crippen molar-refractivity contribution in [1.29, 1.82) is 0 Å². The zero-order valence-electron chi connectivity index (χ0n) is 13.9. The first-order valence-electron chi connectivity index (χ1n) is 7.61. The molecule has 6 heteroatoms. The topological polar surface area (TPSA) is 67.4 Å². The summed E-state index contributed by atoms with van der Waals surface area (Å²) in [5.74, 6) is 0.0163. The third-order valence-electron chi connectivity index (χ3n) is 3.17. The van der Waals surface area contributed by atoms with Gasteiger partial charge < -0.3 is 14.8 Å². The average molecular weight is 325 g/mol. The molecule has 1 atom stereocenters.